The fourth-order valence-corrected chi connectivity index (χ4v) is 1.53. The van der Waals surface area contributed by atoms with Gasteiger partial charge in [0.2, 0.25) is 5.96 Å². The molecule has 0 amide bonds. The maximum absolute atomic E-state index is 7.81. The Morgan fingerprint density at radius 2 is 1.89 bits per heavy atom. The van der Waals surface area contributed by atoms with Crippen molar-refractivity contribution in [2.75, 3.05) is 6.54 Å². The number of halogens is 1. The summed E-state index contributed by atoms with van der Waals surface area (Å²) in [6.45, 7) is 3.45. The standard InChI is InChI=1S/C12H19N5.ClH/c1-2-8-17(12(15)16-11(13)14)9-10-6-4-3-5-7-10;/h3-7H,2,8-9H2,1H3,(H5,13,14,15,16);1H. The molecule has 0 heterocycles. The highest BCUT2D eigenvalue weighted by Gasteiger charge is 2.08. The number of hydrogen-bond donors (Lipinski definition) is 3. The summed E-state index contributed by atoms with van der Waals surface area (Å²) in [5.41, 5.74) is 11.7. The zero-order chi connectivity index (χ0) is 12.7. The first-order chi connectivity index (χ1) is 8.13. The molecule has 0 aliphatic heterocycles. The molecule has 1 rings (SSSR count). The Hall–Kier alpha value is -1.75. The topological polar surface area (TPSA) is 91.5 Å². The lowest BCUT2D eigenvalue weighted by Gasteiger charge is -2.22. The summed E-state index contributed by atoms with van der Waals surface area (Å²) in [5, 5.41) is 7.81. The minimum absolute atomic E-state index is 0. The molecule has 0 aromatic heterocycles. The third-order valence-electron chi connectivity index (χ3n) is 2.24. The van der Waals surface area contributed by atoms with Crippen LogP contribution in [0.25, 0.3) is 0 Å². The van der Waals surface area contributed by atoms with Crippen LogP contribution in [0.15, 0.2) is 35.3 Å². The molecule has 0 unspecified atom stereocenters. The molecular formula is C12H20ClN5. The van der Waals surface area contributed by atoms with Crippen molar-refractivity contribution in [2.24, 2.45) is 16.5 Å². The van der Waals surface area contributed by atoms with E-state index in [0.29, 0.717) is 6.54 Å². The number of rotatable bonds is 4. The van der Waals surface area contributed by atoms with Gasteiger partial charge in [-0.15, -0.1) is 12.4 Å². The number of aliphatic imine (C=N–C) groups is 1. The third-order valence-corrected chi connectivity index (χ3v) is 2.24. The number of benzene rings is 1. The minimum Gasteiger partial charge on any atom is -0.370 e. The summed E-state index contributed by atoms with van der Waals surface area (Å²) < 4.78 is 0. The quantitative estimate of drug-likeness (QED) is 0.572. The largest absolute Gasteiger partial charge is 0.370 e. The van der Waals surface area contributed by atoms with Crippen LogP contribution < -0.4 is 11.5 Å². The molecule has 6 heteroatoms. The van der Waals surface area contributed by atoms with Gasteiger partial charge in [0.15, 0.2) is 5.96 Å². The number of nitrogens with one attached hydrogen (secondary N) is 1. The predicted octanol–water partition coefficient (Wildman–Crippen LogP) is 1.53. The van der Waals surface area contributed by atoms with Crippen molar-refractivity contribution in [1.29, 1.82) is 5.41 Å². The molecule has 1 aromatic rings. The molecule has 0 atom stereocenters. The Morgan fingerprint density at radius 1 is 1.28 bits per heavy atom. The summed E-state index contributed by atoms with van der Waals surface area (Å²) in [6.07, 6.45) is 0.940. The van der Waals surface area contributed by atoms with E-state index in [1.807, 2.05) is 35.2 Å². The predicted molar refractivity (Wildman–Crippen MR) is 77.9 cm³/mol. The van der Waals surface area contributed by atoms with E-state index in [2.05, 4.69) is 11.9 Å². The molecule has 18 heavy (non-hydrogen) atoms. The van der Waals surface area contributed by atoms with Gasteiger partial charge < -0.3 is 16.4 Å². The highest BCUT2D eigenvalue weighted by atomic mass is 35.5. The summed E-state index contributed by atoms with van der Waals surface area (Å²) in [4.78, 5) is 5.62. The summed E-state index contributed by atoms with van der Waals surface area (Å²) >= 11 is 0. The molecule has 5 N–H and O–H groups in total. The minimum atomic E-state index is -0.0795. The number of guanidine groups is 2. The Labute approximate surface area is 114 Å². The van der Waals surface area contributed by atoms with Crippen LogP contribution in [-0.4, -0.2) is 23.4 Å². The van der Waals surface area contributed by atoms with Gasteiger partial charge in [-0.25, -0.2) is 0 Å². The van der Waals surface area contributed by atoms with Crippen molar-refractivity contribution in [1.82, 2.24) is 4.90 Å². The summed E-state index contributed by atoms with van der Waals surface area (Å²) in [5.74, 6) is 0.0277. The molecule has 5 nitrogen and oxygen atoms in total. The SMILES string of the molecule is CCCN(Cc1ccccc1)C(=N)N=C(N)N.Cl. The van der Waals surface area contributed by atoms with E-state index in [1.54, 1.807) is 0 Å². The fourth-order valence-electron chi connectivity index (χ4n) is 1.53. The summed E-state index contributed by atoms with van der Waals surface area (Å²) in [6, 6.07) is 9.96. The van der Waals surface area contributed by atoms with Crippen molar-refractivity contribution < 1.29 is 0 Å². The first-order valence-electron chi connectivity index (χ1n) is 5.60. The zero-order valence-corrected chi connectivity index (χ0v) is 11.3. The van der Waals surface area contributed by atoms with Crippen molar-refractivity contribution in [2.45, 2.75) is 19.9 Å². The monoisotopic (exact) mass is 269 g/mol. The molecule has 100 valence electrons. The van der Waals surface area contributed by atoms with Crippen LogP contribution in [0.1, 0.15) is 18.9 Å². The number of nitrogens with zero attached hydrogens (tertiary/aromatic N) is 2. The van der Waals surface area contributed by atoms with E-state index in [-0.39, 0.29) is 24.3 Å². The molecule has 0 saturated carbocycles. The maximum Gasteiger partial charge on any atom is 0.221 e. The van der Waals surface area contributed by atoms with E-state index in [4.69, 9.17) is 16.9 Å². The molecule has 0 fully saturated rings. The van der Waals surface area contributed by atoms with Crippen molar-refractivity contribution >= 4 is 24.3 Å². The highest BCUT2D eigenvalue weighted by molar-refractivity contribution is 5.91. The number of hydrogen-bond acceptors (Lipinski definition) is 1. The molecule has 0 aliphatic carbocycles. The number of nitrogens with two attached hydrogens (primary N) is 2. The van der Waals surface area contributed by atoms with Gasteiger partial charge in [0.1, 0.15) is 0 Å². The molecular weight excluding hydrogens is 250 g/mol. The highest BCUT2D eigenvalue weighted by Crippen LogP contribution is 2.06. The molecule has 0 aliphatic rings. The van der Waals surface area contributed by atoms with Gasteiger partial charge in [0, 0.05) is 13.1 Å². The smallest absolute Gasteiger partial charge is 0.221 e. The molecule has 0 radical (unpaired) electrons. The van der Waals surface area contributed by atoms with Crippen LogP contribution in [0.3, 0.4) is 0 Å². The van der Waals surface area contributed by atoms with Crippen LogP contribution in [0, 0.1) is 5.41 Å². The van der Waals surface area contributed by atoms with E-state index < -0.39 is 0 Å². The van der Waals surface area contributed by atoms with E-state index in [1.165, 1.54) is 0 Å². The maximum atomic E-state index is 7.81. The Balaban J connectivity index is 0.00000289. The Bertz CT molecular complexity index is 387. The summed E-state index contributed by atoms with van der Waals surface area (Å²) in [7, 11) is 0. The van der Waals surface area contributed by atoms with Crippen LogP contribution in [0.2, 0.25) is 0 Å². The molecule has 1 aromatic carbocycles. The second kappa shape index (κ2) is 8.36. The van der Waals surface area contributed by atoms with E-state index >= 15 is 0 Å². The molecule has 0 saturated heterocycles. The van der Waals surface area contributed by atoms with Crippen LogP contribution >= 0.6 is 12.4 Å². The normalized spacial score (nSPS) is 9.17. The second-order valence-electron chi connectivity index (χ2n) is 3.77. The molecule has 0 spiro atoms. The first-order valence-corrected chi connectivity index (χ1v) is 5.60. The first kappa shape index (κ1) is 16.2. The van der Waals surface area contributed by atoms with Crippen molar-refractivity contribution in [3.63, 3.8) is 0 Å². The average Bonchev–Trinajstić information content (AvgIpc) is 2.29. The van der Waals surface area contributed by atoms with Gasteiger partial charge in [-0.3, -0.25) is 5.41 Å². The fraction of sp³-hybridized carbons (Fsp3) is 0.333. The van der Waals surface area contributed by atoms with Gasteiger partial charge in [0.05, 0.1) is 0 Å². The van der Waals surface area contributed by atoms with Crippen LogP contribution in [0.4, 0.5) is 0 Å². The van der Waals surface area contributed by atoms with Gasteiger partial charge in [0.25, 0.3) is 0 Å². The van der Waals surface area contributed by atoms with E-state index in [9.17, 15) is 0 Å². The average molecular weight is 270 g/mol. The second-order valence-corrected chi connectivity index (χ2v) is 3.77. The van der Waals surface area contributed by atoms with Crippen LogP contribution in [0.5, 0.6) is 0 Å². The van der Waals surface area contributed by atoms with Crippen LogP contribution in [-0.2, 0) is 6.54 Å². The lowest BCUT2D eigenvalue weighted by Crippen LogP contribution is -2.33. The van der Waals surface area contributed by atoms with Gasteiger partial charge in [-0.1, -0.05) is 37.3 Å². The zero-order valence-electron chi connectivity index (χ0n) is 10.5. The van der Waals surface area contributed by atoms with Gasteiger partial charge in [-0.05, 0) is 12.0 Å². The van der Waals surface area contributed by atoms with Gasteiger partial charge >= 0.3 is 0 Å². The lowest BCUT2D eigenvalue weighted by atomic mass is 10.2. The van der Waals surface area contributed by atoms with Gasteiger partial charge in [-0.2, -0.15) is 4.99 Å². The Morgan fingerprint density at radius 3 is 2.39 bits per heavy atom. The van der Waals surface area contributed by atoms with Crippen molar-refractivity contribution in [3.05, 3.63) is 35.9 Å². The van der Waals surface area contributed by atoms with E-state index in [0.717, 1.165) is 18.5 Å². The van der Waals surface area contributed by atoms with Crippen molar-refractivity contribution in [3.8, 4) is 0 Å². The lowest BCUT2D eigenvalue weighted by molar-refractivity contribution is 0.405. The Kier molecular flexibility index (Phi) is 7.54. The molecule has 0 bridgehead atoms. The third kappa shape index (κ3) is 5.54.